The van der Waals surface area contributed by atoms with Gasteiger partial charge in [0.2, 0.25) is 0 Å². The van der Waals surface area contributed by atoms with Crippen molar-refractivity contribution in [3.63, 3.8) is 0 Å². The van der Waals surface area contributed by atoms with Crippen molar-refractivity contribution in [1.29, 1.82) is 0 Å². The minimum atomic E-state index is -0.339. The number of carbonyl (C=O) groups is 1. The summed E-state index contributed by atoms with van der Waals surface area (Å²) in [5.41, 5.74) is 4.09. The lowest BCUT2D eigenvalue weighted by Crippen LogP contribution is -2.02. The van der Waals surface area contributed by atoms with Crippen molar-refractivity contribution in [1.82, 2.24) is 9.97 Å². The molecule has 18 heavy (non-hydrogen) atoms. The lowest BCUT2D eigenvalue weighted by Gasteiger charge is -2.04. The highest BCUT2D eigenvalue weighted by atomic mass is 32.1. The summed E-state index contributed by atoms with van der Waals surface area (Å²) in [6.45, 7) is 0. The average molecular weight is 258 g/mol. The molecule has 0 spiro atoms. The number of fused-ring (bicyclic) bond motifs is 1. The van der Waals surface area contributed by atoms with E-state index >= 15 is 0 Å². The summed E-state index contributed by atoms with van der Waals surface area (Å²) in [5, 5.41) is 0.987. The minimum absolute atomic E-state index is 0.339. The first-order valence-electron chi connectivity index (χ1n) is 5.38. The number of H-pyrrole nitrogens is 1. The molecule has 0 radical (unpaired) electrons. The van der Waals surface area contributed by atoms with Crippen LogP contribution < -0.4 is 0 Å². The number of nitrogens with zero attached hydrogens (tertiary/aromatic N) is 1. The lowest BCUT2D eigenvalue weighted by molar-refractivity contribution is 0.0603. The zero-order valence-electron chi connectivity index (χ0n) is 9.64. The van der Waals surface area contributed by atoms with E-state index in [-0.39, 0.29) is 5.97 Å². The standard InChI is InChI=1S/C13H10N2O2S/c1-17-13(16)10-5-9(11-6-14-7-18-11)4-8-2-3-15-12(8)10/h2-7,15H,1H3. The van der Waals surface area contributed by atoms with E-state index in [1.807, 2.05) is 24.4 Å². The number of rotatable bonds is 2. The van der Waals surface area contributed by atoms with Gasteiger partial charge in [-0.3, -0.25) is 4.98 Å². The van der Waals surface area contributed by atoms with E-state index in [2.05, 4.69) is 9.97 Å². The number of aromatic nitrogens is 2. The number of carbonyl (C=O) groups excluding carboxylic acids is 1. The Hall–Kier alpha value is -2.14. The molecule has 5 heteroatoms. The van der Waals surface area contributed by atoms with E-state index in [9.17, 15) is 4.79 Å². The van der Waals surface area contributed by atoms with Gasteiger partial charge in [0.05, 0.1) is 28.6 Å². The van der Waals surface area contributed by atoms with Gasteiger partial charge in [-0.05, 0) is 23.8 Å². The maximum absolute atomic E-state index is 11.8. The number of aromatic amines is 1. The van der Waals surface area contributed by atoms with Gasteiger partial charge in [-0.1, -0.05) is 0 Å². The van der Waals surface area contributed by atoms with Crippen molar-refractivity contribution in [3.8, 4) is 10.4 Å². The van der Waals surface area contributed by atoms with Gasteiger partial charge in [-0.15, -0.1) is 11.3 Å². The number of ether oxygens (including phenoxy) is 1. The van der Waals surface area contributed by atoms with Crippen LogP contribution in [0.2, 0.25) is 0 Å². The summed E-state index contributed by atoms with van der Waals surface area (Å²) in [6.07, 6.45) is 3.60. The maximum Gasteiger partial charge on any atom is 0.340 e. The number of thiazole rings is 1. The molecule has 4 nitrogen and oxygen atoms in total. The Morgan fingerprint density at radius 2 is 2.33 bits per heavy atom. The first-order valence-corrected chi connectivity index (χ1v) is 6.26. The van der Waals surface area contributed by atoms with Gasteiger partial charge < -0.3 is 9.72 Å². The smallest absolute Gasteiger partial charge is 0.340 e. The molecule has 0 aliphatic carbocycles. The molecule has 1 N–H and O–H groups in total. The molecule has 0 bridgehead atoms. The van der Waals surface area contributed by atoms with Gasteiger partial charge in [0, 0.05) is 17.8 Å². The molecule has 0 saturated carbocycles. The van der Waals surface area contributed by atoms with Crippen LogP contribution in [0.15, 0.2) is 36.1 Å². The van der Waals surface area contributed by atoms with Crippen LogP contribution in [-0.4, -0.2) is 23.0 Å². The summed E-state index contributed by atoms with van der Waals surface area (Å²) in [7, 11) is 1.39. The van der Waals surface area contributed by atoms with Crippen molar-refractivity contribution < 1.29 is 9.53 Å². The van der Waals surface area contributed by atoms with Crippen LogP contribution in [0.1, 0.15) is 10.4 Å². The third kappa shape index (κ3) is 1.69. The molecule has 2 aromatic heterocycles. The van der Waals surface area contributed by atoms with Crippen molar-refractivity contribution in [2.24, 2.45) is 0 Å². The number of methoxy groups -OCH3 is 1. The molecule has 3 aromatic rings. The van der Waals surface area contributed by atoms with Crippen LogP contribution in [0.5, 0.6) is 0 Å². The minimum Gasteiger partial charge on any atom is -0.465 e. The average Bonchev–Trinajstić information content (AvgIpc) is 3.06. The Morgan fingerprint density at radius 1 is 1.44 bits per heavy atom. The van der Waals surface area contributed by atoms with Crippen LogP contribution in [0.4, 0.5) is 0 Å². The highest BCUT2D eigenvalue weighted by Gasteiger charge is 2.14. The van der Waals surface area contributed by atoms with E-state index in [1.54, 1.807) is 23.0 Å². The highest BCUT2D eigenvalue weighted by Crippen LogP contribution is 2.29. The molecule has 0 saturated heterocycles. The summed E-state index contributed by atoms with van der Waals surface area (Å²) in [5.74, 6) is -0.339. The number of nitrogens with one attached hydrogen (secondary N) is 1. The Kier molecular flexibility index (Phi) is 2.60. The van der Waals surface area contributed by atoms with Gasteiger partial charge in [0.25, 0.3) is 0 Å². The Morgan fingerprint density at radius 3 is 3.06 bits per heavy atom. The zero-order valence-corrected chi connectivity index (χ0v) is 10.5. The van der Waals surface area contributed by atoms with E-state index in [0.717, 1.165) is 21.3 Å². The Labute approximate surface area is 107 Å². The molecule has 0 amide bonds. The second-order valence-electron chi connectivity index (χ2n) is 3.82. The van der Waals surface area contributed by atoms with Crippen LogP contribution in [-0.2, 0) is 4.74 Å². The van der Waals surface area contributed by atoms with E-state index in [4.69, 9.17) is 4.74 Å². The fraction of sp³-hybridized carbons (Fsp3) is 0.0769. The van der Waals surface area contributed by atoms with Crippen molar-refractivity contribution in [3.05, 3.63) is 41.7 Å². The summed E-state index contributed by atoms with van der Waals surface area (Å²) >= 11 is 1.54. The predicted molar refractivity (Wildman–Crippen MR) is 70.7 cm³/mol. The molecule has 0 unspecified atom stereocenters. The van der Waals surface area contributed by atoms with E-state index in [1.165, 1.54) is 7.11 Å². The zero-order chi connectivity index (χ0) is 12.5. The van der Waals surface area contributed by atoms with Gasteiger partial charge in [-0.2, -0.15) is 0 Å². The summed E-state index contributed by atoms with van der Waals surface area (Å²) < 4.78 is 4.81. The van der Waals surface area contributed by atoms with Crippen LogP contribution in [0.25, 0.3) is 21.3 Å². The van der Waals surface area contributed by atoms with Crippen molar-refractivity contribution in [2.75, 3.05) is 7.11 Å². The maximum atomic E-state index is 11.8. The second-order valence-corrected chi connectivity index (χ2v) is 4.71. The molecule has 0 fully saturated rings. The number of esters is 1. The first kappa shape index (κ1) is 11.0. The topological polar surface area (TPSA) is 55.0 Å². The second kappa shape index (κ2) is 4.27. The van der Waals surface area contributed by atoms with Gasteiger partial charge in [-0.25, -0.2) is 4.79 Å². The fourth-order valence-electron chi connectivity index (χ4n) is 1.94. The molecule has 1 aromatic carbocycles. The highest BCUT2D eigenvalue weighted by molar-refractivity contribution is 7.13. The van der Waals surface area contributed by atoms with Crippen LogP contribution in [0, 0.1) is 0 Å². The third-order valence-corrected chi connectivity index (χ3v) is 3.60. The van der Waals surface area contributed by atoms with Crippen molar-refractivity contribution in [2.45, 2.75) is 0 Å². The van der Waals surface area contributed by atoms with Gasteiger partial charge in [0.1, 0.15) is 0 Å². The first-order chi connectivity index (χ1) is 8.79. The molecule has 90 valence electrons. The normalized spacial score (nSPS) is 10.7. The number of hydrogen-bond acceptors (Lipinski definition) is 4. The predicted octanol–water partition coefficient (Wildman–Crippen LogP) is 3.08. The molecular formula is C13H10N2O2S. The summed E-state index contributed by atoms with van der Waals surface area (Å²) in [6, 6.07) is 5.80. The fourth-order valence-corrected chi connectivity index (χ4v) is 2.55. The summed E-state index contributed by atoms with van der Waals surface area (Å²) in [4.78, 5) is 19.9. The Bertz CT molecular complexity index is 701. The van der Waals surface area contributed by atoms with Gasteiger partial charge in [0.15, 0.2) is 0 Å². The Balaban J connectivity index is 2.26. The molecule has 2 heterocycles. The van der Waals surface area contributed by atoms with Gasteiger partial charge >= 0.3 is 5.97 Å². The third-order valence-electron chi connectivity index (χ3n) is 2.78. The SMILES string of the molecule is COC(=O)c1cc(-c2cncs2)cc2cc[nH]c12. The quantitative estimate of drug-likeness (QED) is 0.719. The van der Waals surface area contributed by atoms with E-state index in [0.29, 0.717) is 5.56 Å². The monoisotopic (exact) mass is 258 g/mol. The number of hydrogen-bond donors (Lipinski definition) is 1. The molecule has 0 atom stereocenters. The van der Waals surface area contributed by atoms with Crippen molar-refractivity contribution >= 4 is 28.2 Å². The largest absolute Gasteiger partial charge is 0.465 e. The lowest BCUT2D eigenvalue weighted by atomic mass is 10.1. The van der Waals surface area contributed by atoms with Crippen LogP contribution >= 0.6 is 11.3 Å². The molecule has 0 aliphatic rings. The molecule has 3 rings (SSSR count). The van der Waals surface area contributed by atoms with E-state index < -0.39 is 0 Å². The molecule has 0 aliphatic heterocycles. The van der Waals surface area contributed by atoms with Crippen LogP contribution in [0.3, 0.4) is 0 Å². The molecular weight excluding hydrogens is 248 g/mol. The number of benzene rings is 1.